The van der Waals surface area contributed by atoms with Crippen LogP contribution in [0.4, 0.5) is 0 Å². The van der Waals surface area contributed by atoms with Crippen molar-refractivity contribution in [1.29, 1.82) is 0 Å². The molecule has 3 aromatic rings. The normalized spacial score (nSPS) is 10.5. The zero-order chi connectivity index (χ0) is 17.8. The Morgan fingerprint density at radius 2 is 1.76 bits per heavy atom. The lowest BCUT2D eigenvalue weighted by atomic mass is 10.1. The molecule has 0 fully saturated rings. The molecule has 0 saturated heterocycles. The smallest absolute Gasteiger partial charge is 0.358 e. The summed E-state index contributed by atoms with van der Waals surface area (Å²) in [6, 6.07) is 16.0. The Bertz CT molecular complexity index is 867. The van der Waals surface area contributed by atoms with Gasteiger partial charge in [0.2, 0.25) is 0 Å². The lowest BCUT2D eigenvalue weighted by molar-refractivity contribution is 0.0593. The second-order valence-corrected chi connectivity index (χ2v) is 5.47. The van der Waals surface area contributed by atoms with Crippen LogP contribution in [0.2, 0.25) is 0 Å². The number of ether oxygens (including phenoxy) is 2. The number of carbonyl (C=O) groups excluding carboxylic acids is 1. The fraction of sp³-hybridized carbons (Fsp3) is 0.158. The van der Waals surface area contributed by atoms with E-state index in [0.717, 1.165) is 22.7 Å². The van der Waals surface area contributed by atoms with Crippen molar-refractivity contribution >= 4 is 5.97 Å². The van der Waals surface area contributed by atoms with Crippen molar-refractivity contribution in [2.24, 2.45) is 0 Å². The number of benzene rings is 2. The Labute approximate surface area is 145 Å². The summed E-state index contributed by atoms with van der Waals surface area (Å²) in [6.07, 6.45) is 0.552. The number of rotatable bonds is 5. The number of hydrogen-bond donors (Lipinski definition) is 1. The van der Waals surface area contributed by atoms with Crippen molar-refractivity contribution in [3.05, 3.63) is 71.5 Å². The van der Waals surface area contributed by atoms with E-state index in [2.05, 4.69) is 5.10 Å². The number of hydrogen-bond acceptors (Lipinski definition) is 5. The summed E-state index contributed by atoms with van der Waals surface area (Å²) < 4.78 is 11.7. The van der Waals surface area contributed by atoms with Gasteiger partial charge in [0.15, 0.2) is 5.69 Å². The Kier molecular flexibility index (Phi) is 4.70. The minimum Gasteiger partial charge on any atom is -0.508 e. The van der Waals surface area contributed by atoms with Gasteiger partial charge in [0.1, 0.15) is 11.5 Å². The molecule has 0 aliphatic carbocycles. The second-order valence-electron chi connectivity index (χ2n) is 5.47. The van der Waals surface area contributed by atoms with E-state index in [0.29, 0.717) is 6.42 Å². The molecule has 0 spiro atoms. The number of nitrogens with zero attached hydrogens (tertiary/aromatic N) is 2. The molecule has 0 aliphatic heterocycles. The molecule has 128 valence electrons. The number of aromatic hydroxyl groups is 1. The molecule has 0 saturated carbocycles. The molecule has 0 aliphatic rings. The van der Waals surface area contributed by atoms with E-state index in [9.17, 15) is 9.90 Å². The summed E-state index contributed by atoms with van der Waals surface area (Å²) in [6.45, 7) is 0. The molecule has 1 heterocycles. The monoisotopic (exact) mass is 338 g/mol. The average Bonchev–Trinajstić information content (AvgIpc) is 3.07. The topological polar surface area (TPSA) is 73.6 Å². The molecular formula is C19H18N2O4. The molecule has 0 amide bonds. The molecule has 0 radical (unpaired) electrons. The molecule has 0 unspecified atom stereocenters. The zero-order valence-electron chi connectivity index (χ0n) is 14.0. The number of methoxy groups -OCH3 is 2. The first kappa shape index (κ1) is 16.6. The molecule has 3 rings (SSSR count). The van der Waals surface area contributed by atoms with Gasteiger partial charge in [0, 0.05) is 12.1 Å². The van der Waals surface area contributed by atoms with Gasteiger partial charge < -0.3 is 14.6 Å². The van der Waals surface area contributed by atoms with Gasteiger partial charge in [0.25, 0.3) is 0 Å². The molecule has 0 atom stereocenters. The minimum absolute atomic E-state index is 0.211. The standard InChI is InChI=1S/C19H18N2O4/c1-24-17-9-5-14(6-10-17)21-15(12-18(20-21)19(23)25-2)11-13-3-7-16(22)8-4-13/h3-10,12,22H,11H2,1-2H3. The first-order chi connectivity index (χ1) is 12.1. The molecule has 6 heteroatoms. The molecule has 1 N–H and O–H groups in total. The average molecular weight is 338 g/mol. The molecule has 25 heavy (non-hydrogen) atoms. The van der Waals surface area contributed by atoms with Crippen LogP contribution >= 0.6 is 0 Å². The zero-order valence-corrected chi connectivity index (χ0v) is 14.0. The van der Waals surface area contributed by atoms with Crippen LogP contribution < -0.4 is 4.74 Å². The number of phenols is 1. The van der Waals surface area contributed by atoms with E-state index >= 15 is 0 Å². The quantitative estimate of drug-likeness (QED) is 0.724. The van der Waals surface area contributed by atoms with Gasteiger partial charge in [0.05, 0.1) is 19.9 Å². The third kappa shape index (κ3) is 3.63. The van der Waals surface area contributed by atoms with Crippen LogP contribution in [0.5, 0.6) is 11.5 Å². The maximum absolute atomic E-state index is 11.9. The summed E-state index contributed by atoms with van der Waals surface area (Å²) in [7, 11) is 2.93. The third-order valence-electron chi connectivity index (χ3n) is 3.82. The van der Waals surface area contributed by atoms with Gasteiger partial charge >= 0.3 is 5.97 Å². The summed E-state index contributed by atoms with van der Waals surface area (Å²) in [4.78, 5) is 11.9. The Balaban J connectivity index is 2.00. The second kappa shape index (κ2) is 7.09. The first-order valence-corrected chi connectivity index (χ1v) is 7.70. The van der Waals surface area contributed by atoms with Gasteiger partial charge in [-0.05, 0) is 48.0 Å². The lowest BCUT2D eigenvalue weighted by Gasteiger charge is -2.08. The molecule has 0 bridgehead atoms. The lowest BCUT2D eigenvalue weighted by Crippen LogP contribution is -2.05. The van der Waals surface area contributed by atoms with E-state index < -0.39 is 5.97 Å². The van der Waals surface area contributed by atoms with Crippen molar-refractivity contribution in [3.8, 4) is 17.2 Å². The van der Waals surface area contributed by atoms with Crippen LogP contribution in [0, 0.1) is 0 Å². The highest BCUT2D eigenvalue weighted by Gasteiger charge is 2.16. The highest BCUT2D eigenvalue weighted by molar-refractivity contribution is 5.87. The Morgan fingerprint density at radius 1 is 1.08 bits per heavy atom. The van der Waals surface area contributed by atoms with Crippen molar-refractivity contribution in [3.63, 3.8) is 0 Å². The van der Waals surface area contributed by atoms with E-state index in [1.54, 1.807) is 30.0 Å². The summed E-state index contributed by atoms with van der Waals surface area (Å²) >= 11 is 0. The van der Waals surface area contributed by atoms with Crippen molar-refractivity contribution < 1.29 is 19.4 Å². The Hall–Kier alpha value is -3.28. The van der Waals surface area contributed by atoms with Gasteiger partial charge in [-0.2, -0.15) is 5.10 Å². The number of phenolic OH excluding ortho intramolecular Hbond substituents is 1. The van der Waals surface area contributed by atoms with E-state index in [-0.39, 0.29) is 11.4 Å². The fourth-order valence-electron chi connectivity index (χ4n) is 2.52. The largest absolute Gasteiger partial charge is 0.508 e. The van der Waals surface area contributed by atoms with Crippen molar-refractivity contribution in [2.45, 2.75) is 6.42 Å². The molecule has 2 aromatic carbocycles. The van der Waals surface area contributed by atoms with Gasteiger partial charge in [-0.25, -0.2) is 9.48 Å². The molecular weight excluding hydrogens is 320 g/mol. The molecule has 1 aromatic heterocycles. The van der Waals surface area contributed by atoms with Crippen LogP contribution in [-0.2, 0) is 11.2 Å². The van der Waals surface area contributed by atoms with Crippen LogP contribution in [-0.4, -0.2) is 35.1 Å². The summed E-state index contributed by atoms with van der Waals surface area (Å²) in [5.74, 6) is 0.464. The number of aromatic nitrogens is 2. The van der Waals surface area contributed by atoms with Crippen LogP contribution in [0.15, 0.2) is 54.6 Å². The first-order valence-electron chi connectivity index (χ1n) is 7.70. The van der Waals surface area contributed by atoms with Crippen LogP contribution in [0.1, 0.15) is 21.7 Å². The summed E-state index contributed by atoms with van der Waals surface area (Å²) in [5, 5.41) is 13.8. The maximum Gasteiger partial charge on any atom is 0.358 e. The highest BCUT2D eigenvalue weighted by atomic mass is 16.5. The van der Waals surface area contributed by atoms with Crippen LogP contribution in [0.25, 0.3) is 5.69 Å². The molecule has 6 nitrogen and oxygen atoms in total. The third-order valence-corrected chi connectivity index (χ3v) is 3.82. The Morgan fingerprint density at radius 3 is 2.36 bits per heavy atom. The van der Waals surface area contributed by atoms with E-state index in [4.69, 9.17) is 9.47 Å². The maximum atomic E-state index is 11.9. The van der Waals surface area contributed by atoms with Crippen molar-refractivity contribution in [2.75, 3.05) is 14.2 Å². The predicted octanol–water partition coefficient (Wildman–Crippen LogP) is 2.96. The minimum atomic E-state index is -0.487. The van der Waals surface area contributed by atoms with E-state index in [1.807, 2.05) is 36.4 Å². The van der Waals surface area contributed by atoms with Crippen molar-refractivity contribution in [1.82, 2.24) is 9.78 Å². The van der Waals surface area contributed by atoms with Gasteiger partial charge in [-0.1, -0.05) is 12.1 Å². The SMILES string of the molecule is COC(=O)c1cc(Cc2ccc(O)cc2)n(-c2ccc(OC)cc2)n1. The number of carbonyl (C=O) groups is 1. The number of esters is 1. The summed E-state index contributed by atoms with van der Waals surface area (Å²) in [5.41, 5.74) is 2.87. The van der Waals surface area contributed by atoms with Crippen LogP contribution in [0.3, 0.4) is 0 Å². The van der Waals surface area contributed by atoms with Gasteiger partial charge in [-0.3, -0.25) is 0 Å². The van der Waals surface area contributed by atoms with Gasteiger partial charge in [-0.15, -0.1) is 0 Å². The highest BCUT2D eigenvalue weighted by Crippen LogP contribution is 2.20. The van der Waals surface area contributed by atoms with E-state index in [1.165, 1.54) is 7.11 Å². The predicted molar refractivity (Wildman–Crippen MR) is 92.4 cm³/mol. The fourth-order valence-corrected chi connectivity index (χ4v) is 2.52.